The SMILES string of the molecule is O=C(/C=C1\Sc2ccccc2N1C1CCCCCC1)c1ccccc1. The van der Waals surface area contributed by atoms with Crippen molar-refractivity contribution in [2.45, 2.75) is 49.5 Å². The van der Waals surface area contributed by atoms with E-state index >= 15 is 0 Å². The second kappa shape index (κ2) is 7.49. The van der Waals surface area contributed by atoms with Gasteiger partial charge in [0.25, 0.3) is 0 Å². The van der Waals surface area contributed by atoms with E-state index in [1.165, 1.54) is 49.1 Å². The lowest BCUT2D eigenvalue weighted by Crippen LogP contribution is -2.31. The summed E-state index contributed by atoms with van der Waals surface area (Å²) in [6, 6.07) is 18.6. The third-order valence-electron chi connectivity index (χ3n) is 5.08. The second-order valence-corrected chi connectivity index (χ2v) is 7.86. The summed E-state index contributed by atoms with van der Waals surface area (Å²) in [5.74, 6) is 0.0922. The first kappa shape index (κ1) is 16.5. The molecule has 25 heavy (non-hydrogen) atoms. The molecule has 0 spiro atoms. The number of carbonyl (C=O) groups is 1. The molecule has 2 nitrogen and oxygen atoms in total. The van der Waals surface area contributed by atoms with Crippen LogP contribution in [0.4, 0.5) is 5.69 Å². The molecule has 1 heterocycles. The van der Waals surface area contributed by atoms with E-state index in [9.17, 15) is 4.79 Å². The minimum atomic E-state index is 0.0922. The fourth-order valence-electron chi connectivity index (χ4n) is 3.81. The summed E-state index contributed by atoms with van der Waals surface area (Å²) in [5.41, 5.74) is 2.03. The largest absolute Gasteiger partial charge is 0.332 e. The number of para-hydroxylation sites is 1. The van der Waals surface area contributed by atoms with Crippen molar-refractivity contribution in [3.8, 4) is 0 Å². The van der Waals surface area contributed by atoms with Gasteiger partial charge in [-0.2, -0.15) is 0 Å². The first-order valence-corrected chi connectivity index (χ1v) is 10.0. The summed E-state index contributed by atoms with van der Waals surface area (Å²) < 4.78 is 0. The van der Waals surface area contributed by atoms with Crippen LogP contribution in [0.25, 0.3) is 0 Å². The van der Waals surface area contributed by atoms with Crippen LogP contribution in [0, 0.1) is 0 Å². The quantitative estimate of drug-likeness (QED) is 0.382. The van der Waals surface area contributed by atoms with Gasteiger partial charge in [0.05, 0.1) is 10.7 Å². The number of hydrogen-bond donors (Lipinski definition) is 0. The van der Waals surface area contributed by atoms with Crippen LogP contribution < -0.4 is 4.90 Å². The monoisotopic (exact) mass is 349 g/mol. The zero-order valence-corrected chi connectivity index (χ0v) is 15.2. The van der Waals surface area contributed by atoms with Crippen LogP contribution in [-0.4, -0.2) is 11.8 Å². The fraction of sp³-hybridized carbons (Fsp3) is 0.318. The van der Waals surface area contributed by atoms with Crippen molar-refractivity contribution < 1.29 is 4.79 Å². The molecular weight excluding hydrogens is 326 g/mol. The first-order chi connectivity index (χ1) is 12.3. The molecule has 0 atom stereocenters. The van der Waals surface area contributed by atoms with Gasteiger partial charge in [-0.1, -0.05) is 79.9 Å². The van der Waals surface area contributed by atoms with Crippen molar-refractivity contribution in [1.29, 1.82) is 0 Å². The topological polar surface area (TPSA) is 20.3 Å². The van der Waals surface area contributed by atoms with Gasteiger partial charge < -0.3 is 4.90 Å². The van der Waals surface area contributed by atoms with Crippen molar-refractivity contribution >= 4 is 23.2 Å². The van der Waals surface area contributed by atoms with Crippen LogP contribution in [-0.2, 0) is 0 Å². The van der Waals surface area contributed by atoms with Crippen molar-refractivity contribution in [2.75, 3.05) is 4.90 Å². The molecule has 3 heteroatoms. The van der Waals surface area contributed by atoms with Crippen LogP contribution in [0.3, 0.4) is 0 Å². The maximum absolute atomic E-state index is 12.7. The number of fused-ring (bicyclic) bond motifs is 1. The standard InChI is InChI=1S/C22H23NOS/c24-20(17-10-4-3-5-11-17)16-22-23(18-12-6-1-2-7-13-18)19-14-8-9-15-21(19)25-22/h3-5,8-11,14-16,18H,1-2,6-7,12-13H2/b22-16-. The lowest BCUT2D eigenvalue weighted by atomic mass is 10.1. The van der Waals surface area contributed by atoms with Gasteiger partial charge in [0, 0.05) is 22.6 Å². The molecule has 0 saturated heterocycles. The van der Waals surface area contributed by atoms with Gasteiger partial charge in [-0.3, -0.25) is 4.79 Å². The molecule has 2 aromatic rings. The van der Waals surface area contributed by atoms with Crippen molar-refractivity contribution in [2.24, 2.45) is 0 Å². The van der Waals surface area contributed by atoms with E-state index in [0.29, 0.717) is 6.04 Å². The zero-order chi connectivity index (χ0) is 17.1. The molecule has 1 saturated carbocycles. The highest BCUT2D eigenvalue weighted by Crippen LogP contribution is 2.48. The molecule has 0 N–H and O–H groups in total. The molecule has 1 aliphatic heterocycles. The lowest BCUT2D eigenvalue weighted by Gasteiger charge is -2.30. The maximum Gasteiger partial charge on any atom is 0.188 e. The Morgan fingerprint density at radius 3 is 2.36 bits per heavy atom. The fourth-order valence-corrected chi connectivity index (χ4v) is 4.97. The zero-order valence-electron chi connectivity index (χ0n) is 14.4. The summed E-state index contributed by atoms with van der Waals surface area (Å²) in [7, 11) is 0. The summed E-state index contributed by atoms with van der Waals surface area (Å²) >= 11 is 1.73. The van der Waals surface area contributed by atoms with Crippen LogP contribution >= 0.6 is 11.8 Å². The summed E-state index contributed by atoms with van der Waals surface area (Å²) in [4.78, 5) is 16.4. The molecule has 0 amide bonds. The number of allylic oxidation sites excluding steroid dienone is 1. The smallest absolute Gasteiger partial charge is 0.188 e. The molecule has 0 radical (unpaired) electrons. The molecule has 0 unspecified atom stereocenters. The summed E-state index contributed by atoms with van der Waals surface area (Å²) in [5, 5.41) is 1.09. The Hall–Kier alpha value is -2.00. The predicted octanol–water partition coefficient (Wildman–Crippen LogP) is 6.05. The molecule has 128 valence electrons. The van der Waals surface area contributed by atoms with Crippen LogP contribution in [0.2, 0.25) is 0 Å². The molecular formula is C22H23NOS. The Balaban J connectivity index is 1.68. The molecule has 2 aliphatic rings. The number of benzene rings is 2. The number of rotatable bonds is 3. The highest BCUT2D eigenvalue weighted by atomic mass is 32.2. The van der Waals surface area contributed by atoms with Gasteiger partial charge in [-0.05, 0) is 25.0 Å². The average molecular weight is 349 g/mol. The molecule has 4 rings (SSSR count). The van der Waals surface area contributed by atoms with Gasteiger partial charge in [0.15, 0.2) is 5.78 Å². The number of hydrogen-bond acceptors (Lipinski definition) is 3. The molecule has 1 fully saturated rings. The average Bonchev–Trinajstić information content (AvgIpc) is 2.82. The van der Waals surface area contributed by atoms with Crippen LogP contribution in [0.1, 0.15) is 48.9 Å². The Bertz CT molecular complexity index is 776. The van der Waals surface area contributed by atoms with E-state index in [0.717, 1.165) is 10.6 Å². The van der Waals surface area contributed by atoms with E-state index in [1.807, 2.05) is 36.4 Å². The van der Waals surface area contributed by atoms with Gasteiger partial charge in [-0.15, -0.1) is 0 Å². The second-order valence-electron chi connectivity index (χ2n) is 6.80. The van der Waals surface area contributed by atoms with Crippen molar-refractivity contribution in [1.82, 2.24) is 0 Å². The highest BCUT2D eigenvalue weighted by molar-refractivity contribution is 8.03. The van der Waals surface area contributed by atoms with E-state index in [4.69, 9.17) is 0 Å². The minimum absolute atomic E-state index is 0.0922. The molecule has 1 aliphatic carbocycles. The first-order valence-electron chi connectivity index (χ1n) is 9.20. The van der Waals surface area contributed by atoms with Crippen LogP contribution in [0.15, 0.2) is 70.6 Å². The van der Waals surface area contributed by atoms with Crippen LogP contribution in [0.5, 0.6) is 0 Å². The van der Waals surface area contributed by atoms with Gasteiger partial charge in [0.1, 0.15) is 0 Å². The van der Waals surface area contributed by atoms with E-state index in [-0.39, 0.29) is 5.78 Å². The Morgan fingerprint density at radius 1 is 0.920 bits per heavy atom. The number of ketones is 1. The van der Waals surface area contributed by atoms with Crippen molar-refractivity contribution in [3.63, 3.8) is 0 Å². The van der Waals surface area contributed by atoms with Crippen molar-refractivity contribution in [3.05, 3.63) is 71.3 Å². The lowest BCUT2D eigenvalue weighted by molar-refractivity contribution is 0.104. The third kappa shape index (κ3) is 3.52. The van der Waals surface area contributed by atoms with E-state index < -0.39 is 0 Å². The van der Waals surface area contributed by atoms with E-state index in [2.05, 4.69) is 29.2 Å². The van der Waals surface area contributed by atoms with Gasteiger partial charge >= 0.3 is 0 Å². The van der Waals surface area contributed by atoms with Gasteiger partial charge in [-0.25, -0.2) is 0 Å². The Morgan fingerprint density at radius 2 is 1.60 bits per heavy atom. The predicted molar refractivity (Wildman–Crippen MR) is 105 cm³/mol. The Kier molecular flexibility index (Phi) is 4.93. The normalized spacial score (nSPS) is 19.7. The van der Waals surface area contributed by atoms with E-state index in [1.54, 1.807) is 11.8 Å². The number of anilines is 1. The summed E-state index contributed by atoms with van der Waals surface area (Å²) in [6.07, 6.45) is 9.51. The number of nitrogens with zero attached hydrogens (tertiary/aromatic N) is 1. The summed E-state index contributed by atoms with van der Waals surface area (Å²) in [6.45, 7) is 0. The Labute approximate surface area is 153 Å². The number of carbonyl (C=O) groups excluding carboxylic acids is 1. The minimum Gasteiger partial charge on any atom is -0.332 e. The maximum atomic E-state index is 12.7. The molecule has 0 bridgehead atoms. The number of thioether (sulfide) groups is 1. The highest BCUT2D eigenvalue weighted by Gasteiger charge is 2.31. The molecule has 2 aromatic carbocycles. The van der Waals surface area contributed by atoms with Gasteiger partial charge in [0.2, 0.25) is 0 Å². The molecule has 0 aromatic heterocycles. The third-order valence-corrected chi connectivity index (χ3v) is 6.17.